The molecule has 0 radical (unpaired) electrons. The van der Waals surface area contributed by atoms with Crippen molar-refractivity contribution in [3.63, 3.8) is 0 Å². The van der Waals surface area contributed by atoms with Crippen molar-refractivity contribution in [2.75, 3.05) is 11.6 Å². The highest BCUT2D eigenvalue weighted by atomic mass is 35.5. The molecule has 0 fully saturated rings. The van der Waals surface area contributed by atoms with Crippen molar-refractivity contribution in [3.8, 4) is 0 Å². The average Bonchev–Trinajstić information content (AvgIpc) is 2.57. The Balaban J connectivity index is 2.04. The minimum absolute atomic E-state index is 0.0544. The summed E-state index contributed by atoms with van der Waals surface area (Å²) in [6.45, 7) is 1.43. The largest absolute Gasteiger partial charge is 0.449 e. The number of amides is 1. The standard InChI is InChI=1S/C16H14ClFN2O3S/c1-9(14(21)20-13-6-5-10(18)8-12(13)17)23-16(22)11-4-3-7-19-15(11)24-2/h3-9H,1-2H3,(H,20,21)/t9-/m1/s1. The van der Waals surface area contributed by atoms with E-state index in [0.717, 1.165) is 6.07 Å². The first-order chi connectivity index (χ1) is 11.4. The van der Waals surface area contributed by atoms with Gasteiger partial charge in [-0.05, 0) is 43.5 Å². The number of hydrogen-bond donors (Lipinski definition) is 1. The molecule has 126 valence electrons. The molecule has 1 N–H and O–H groups in total. The minimum Gasteiger partial charge on any atom is -0.449 e. The van der Waals surface area contributed by atoms with Gasteiger partial charge in [0.25, 0.3) is 5.91 Å². The van der Waals surface area contributed by atoms with Crippen LogP contribution in [0.25, 0.3) is 0 Å². The van der Waals surface area contributed by atoms with E-state index in [1.807, 2.05) is 0 Å². The van der Waals surface area contributed by atoms with E-state index in [0.29, 0.717) is 5.03 Å². The van der Waals surface area contributed by atoms with Crippen LogP contribution in [0.5, 0.6) is 0 Å². The predicted molar refractivity (Wildman–Crippen MR) is 90.9 cm³/mol. The molecule has 2 aromatic rings. The van der Waals surface area contributed by atoms with E-state index >= 15 is 0 Å². The van der Waals surface area contributed by atoms with E-state index in [2.05, 4.69) is 10.3 Å². The Kier molecular flexibility index (Phi) is 6.16. The third-order valence-electron chi connectivity index (χ3n) is 3.03. The first-order valence-corrected chi connectivity index (χ1v) is 8.48. The first-order valence-electron chi connectivity index (χ1n) is 6.88. The number of esters is 1. The molecule has 0 aliphatic carbocycles. The van der Waals surface area contributed by atoms with E-state index in [9.17, 15) is 14.0 Å². The van der Waals surface area contributed by atoms with Gasteiger partial charge in [-0.1, -0.05) is 11.6 Å². The molecule has 8 heteroatoms. The fourth-order valence-electron chi connectivity index (χ4n) is 1.81. The lowest BCUT2D eigenvalue weighted by Crippen LogP contribution is -2.30. The Morgan fingerprint density at radius 3 is 2.79 bits per heavy atom. The van der Waals surface area contributed by atoms with E-state index in [1.165, 1.54) is 30.8 Å². The van der Waals surface area contributed by atoms with Crippen molar-refractivity contribution in [2.24, 2.45) is 0 Å². The molecule has 1 atom stereocenters. The maximum atomic E-state index is 13.0. The summed E-state index contributed by atoms with van der Waals surface area (Å²) in [5.41, 5.74) is 0.515. The van der Waals surface area contributed by atoms with E-state index in [4.69, 9.17) is 16.3 Å². The number of rotatable bonds is 5. The van der Waals surface area contributed by atoms with Gasteiger partial charge >= 0.3 is 5.97 Å². The van der Waals surface area contributed by atoms with Crippen LogP contribution in [-0.4, -0.2) is 29.2 Å². The van der Waals surface area contributed by atoms with Crippen LogP contribution in [0, 0.1) is 5.82 Å². The summed E-state index contributed by atoms with van der Waals surface area (Å²) < 4.78 is 18.2. The molecule has 1 aromatic heterocycles. The number of hydrogen-bond acceptors (Lipinski definition) is 5. The fourth-order valence-corrected chi connectivity index (χ4v) is 2.56. The molecular weight excluding hydrogens is 355 g/mol. The van der Waals surface area contributed by atoms with Crippen molar-refractivity contribution in [3.05, 3.63) is 52.9 Å². The number of halogens is 2. The summed E-state index contributed by atoms with van der Waals surface area (Å²) in [4.78, 5) is 28.3. The van der Waals surface area contributed by atoms with Crippen LogP contribution in [0.3, 0.4) is 0 Å². The number of pyridine rings is 1. The van der Waals surface area contributed by atoms with Gasteiger partial charge in [0.05, 0.1) is 16.3 Å². The third-order valence-corrected chi connectivity index (χ3v) is 4.05. The van der Waals surface area contributed by atoms with E-state index in [1.54, 1.807) is 24.6 Å². The lowest BCUT2D eigenvalue weighted by atomic mass is 10.2. The molecule has 0 aliphatic rings. The maximum Gasteiger partial charge on any atom is 0.341 e. The topological polar surface area (TPSA) is 68.3 Å². The Morgan fingerprint density at radius 1 is 1.38 bits per heavy atom. The number of thioether (sulfide) groups is 1. The monoisotopic (exact) mass is 368 g/mol. The highest BCUT2D eigenvalue weighted by molar-refractivity contribution is 7.98. The molecule has 0 aliphatic heterocycles. The second kappa shape index (κ2) is 8.12. The summed E-state index contributed by atoms with van der Waals surface area (Å²) in [7, 11) is 0. The van der Waals surface area contributed by atoms with Crippen molar-refractivity contribution in [1.82, 2.24) is 4.98 Å². The molecule has 0 unspecified atom stereocenters. The van der Waals surface area contributed by atoms with E-state index < -0.39 is 23.8 Å². The van der Waals surface area contributed by atoms with Gasteiger partial charge in [-0.15, -0.1) is 11.8 Å². The zero-order valence-corrected chi connectivity index (χ0v) is 14.5. The summed E-state index contributed by atoms with van der Waals surface area (Å²) in [6, 6.07) is 6.76. The summed E-state index contributed by atoms with van der Waals surface area (Å²) in [6.07, 6.45) is 2.29. The van der Waals surface area contributed by atoms with E-state index in [-0.39, 0.29) is 16.3 Å². The smallest absolute Gasteiger partial charge is 0.341 e. The van der Waals surface area contributed by atoms with Gasteiger partial charge in [0.1, 0.15) is 10.8 Å². The molecular formula is C16H14ClFN2O3S. The van der Waals surface area contributed by atoms with Gasteiger partial charge in [-0.2, -0.15) is 0 Å². The molecule has 2 rings (SSSR count). The Morgan fingerprint density at radius 2 is 2.12 bits per heavy atom. The van der Waals surface area contributed by atoms with Crippen LogP contribution in [-0.2, 0) is 9.53 Å². The average molecular weight is 369 g/mol. The molecule has 0 spiro atoms. The van der Waals surface area contributed by atoms with Crippen LogP contribution in [0.2, 0.25) is 5.02 Å². The number of aromatic nitrogens is 1. The van der Waals surface area contributed by atoms with Crippen molar-refractivity contribution < 1.29 is 18.7 Å². The molecule has 0 saturated heterocycles. The van der Waals surface area contributed by atoms with Crippen LogP contribution >= 0.6 is 23.4 Å². The van der Waals surface area contributed by atoms with Crippen LogP contribution < -0.4 is 5.32 Å². The lowest BCUT2D eigenvalue weighted by Gasteiger charge is -2.15. The fraction of sp³-hybridized carbons (Fsp3) is 0.188. The number of benzene rings is 1. The quantitative estimate of drug-likeness (QED) is 0.642. The van der Waals surface area contributed by atoms with Crippen LogP contribution in [0.4, 0.5) is 10.1 Å². The summed E-state index contributed by atoms with van der Waals surface area (Å²) >= 11 is 7.15. The van der Waals surface area contributed by atoms with Crippen molar-refractivity contribution in [1.29, 1.82) is 0 Å². The molecule has 1 aromatic carbocycles. The maximum absolute atomic E-state index is 13.0. The number of anilines is 1. The summed E-state index contributed by atoms with van der Waals surface area (Å²) in [5, 5.41) is 3.05. The Bertz CT molecular complexity index is 773. The molecule has 0 saturated carbocycles. The normalized spacial score (nSPS) is 11.7. The molecule has 1 amide bonds. The van der Waals surface area contributed by atoms with Gasteiger partial charge in [0.2, 0.25) is 0 Å². The van der Waals surface area contributed by atoms with Gasteiger partial charge in [0.15, 0.2) is 6.10 Å². The highest BCUT2D eigenvalue weighted by Crippen LogP contribution is 2.23. The highest BCUT2D eigenvalue weighted by Gasteiger charge is 2.21. The molecule has 5 nitrogen and oxygen atoms in total. The summed E-state index contributed by atoms with van der Waals surface area (Å²) in [5.74, 6) is -1.74. The number of carbonyl (C=O) groups excluding carboxylic acids is 2. The first kappa shape index (κ1) is 18.2. The second-order valence-electron chi connectivity index (χ2n) is 4.72. The Labute approximate surface area is 147 Å². The molecule has 24 heavy (non-hydrogen) atoms. The predicted octanol–water partition coefficient (Wildman–Crippen LogP) is 3.78. The number of ether oxygens (including phenoxy) is 1. The minimum atomic E-state index is -1.06. The van der Waals surface area contributed by atoms with Gasteiger partial charge in [-0.25, -0.2) is 14.2 Å². The lowest BCUT2D eigenvalue weighted by molar-refractivity contribution is -0.123. The number of nitrogens with one attached hydrogen (secondary N) is 1. The van der Waals surface area contributed by atoms with Gasteiger partial charge in [0, 0.05) is 6.20 Å². The Hall–Kier alpha value is -2.12. The number of nitrogens with zero attached hydrogens (tertiary/aromatic N) is 1. The van der Waals surface area contributed by atoms with Crippen LogP contribution in [0.1, 0.15) is 17.3 Å². The third kappa shape index (κ3) is 4.46. The second-order valence-corrected chi connectivity index (χ2v) is 5.92. The van der Waals surface area contributed by atoms with Crippen molar-refractivity contribution in [2.45, 2.75) is 18.1 Å². The molecule has 1 heterocycles. The van der Waals surface area contributed by atoms with Crippen molar-refractivity contribution >= 4 is 40.9 Å². The zero-order chi connectivity index (χ0) is 17.7. The molecule has 0 bridgehead atoms. The SMILES string of the molecule is CSc1ncccc1C(=O)O[C@H](C)C(=O)Nc1ccc(F)cc1Cl. The zero-order valence-electron chi connectivity index (χ0n) is 12.9. The van der Waals surface area contributed by atoms with Crippen LogP contribution in [0.15, 0.2) is 41.6 Å². The van der Waals surface area contributed by atoms with Gasteiger partial charge in [-0.3, -0.25) is 4.79 Å². The number of carbonyl (C=O) groups is 2. The van der Waals surface area contributed by atoms with Gasteiger partial charge < -0.3 is 10.1 Å².